The van der Waals surface area contributed by atoms with Gasteiger partial charge in [0.1, 0.15) is 10.6 Å². The Morgan fingerprint density at radius 2 is 2.08 bits per heavy atom. The van der Waals surface area contributed by atoms with E-state index >= 15 is 0 Å². The maximum absolute atomic E-state index is 5.96. The summed E-state index contributed by atoms with van der Waals surface area (Å²) in [5.74, 6) is 0.462. The second-order valence-corrected chi connectivity index (χ2v) is 4.86. The van der Waals surface area contributed by atoms with E-state index in [2.05, 4.69) is 20.9 Å². The molecule has 0 aliphatic carbocycles. The second kappa shape index (κ2) is 3.84. The zero-order valence-corrected chi connectivity index (χ0v) is 10.1. The highest BCUT2D eigenvalue weighted by atomic mass is 79.9. The molecule has 0 aliphatic heterocycles. The highest BCUT2D eigenvalue weighted by molar-refractivity contribution is 9.10. The highest BCUT2D eigenvalue weighted by Crippen LogP contribution is 2.31. The van der Waals surface area contributed by atoms with Crippen LogP contribution in [0.4, 0.5) is 0 Å². The molecule has 0 unspecified atom stereocenters. The van der Waals surface area contributed by atoms with Crippen molar-refractivity contribution in [3.05, 3.63) is 21.8 Å². The number of aromatic nitrogens is 1. The smallest absolute Gasteiger partial charge is 0.234 e. The third-order valence-corrected chi connectivity index (χ3v) is 2.47. The van der Waals surface area contributed by atoms with Crippen LogP contribution in [-0.2, 0) is 0 Å². The first-order valence-corrected chi connectivity index (χ1v) is 5.06. The van der Waals surface area contributed by atoms with Gasteiger partial charge < -0.3 is 4.74 Å². The lowest BCUT2D eigenvalue weighted by Crippen LogP contribution is -2.23. The van der Waals surface area contributed by atoms with Gasteiger partial charge in [0.15, 0.2) is 0 Å². The van der Waals surface area contributed by atoms with Crippen LogP contribution >= 0.6 is 27.5 Å². The maximum atomic E-state index is 5.96. The Morgan fingerprint density at radius 3 is 2.62 bits per heavy atom. The molecule has 72 valence electrons. The van der Waals surface area contributed by atoms with Crippen LogP contribution in [0.15, 0.2) is 16.7 Å². The van der Waals surface area contributed by atoms with E-state index < -0.39 is 0 Å². The molecule has 0 N–H and O–H groups in total. The zero-order valence-electron chi connectivity index (χ0n) is 7.77. The summed E-state index contributed by atoms with van der Waals surface area (Å²) in [6.45, 7) is 5.85. The van der Waals surface area contributed by atoms with Gasteiger partial charge in [-0.05, 0) is 42.8 Å². The van der Waals surface area contributed by atoms with Gasteiger partial charge in [0.25, 0.3) is 0 Å². The summed E-state index contributed by atoms with van der Waals surface area (Å²) in [6, 6.07) is 1.78. The number of ether oxygens (including phenoxy) is 1. The Labute approximate surface area is 91.4 Å². The molecule has 0 fully saturated rings. The van der Waals surface area contributed by atoms with Gasteiger partial charge in [0, 0.05) is 10.7 Å². The molecule has 2 nitrogen and oxygen atoms in total. The standard InChI is InChI=1S/C9H11BrClNO/c1-9(2,3)13-8-7(11)6(10)4-5-12-8/h4-5H,1-3H3. The van der Waals surface area contributed by atoms with Gasteiger partial charge in [-0.3, -0.25) is 0 Å². The lowest BCUT2D eigenvalue weighted by Gasteiger charge is -2.20. The average Bonchev–Trinajstić information content (AvgIpc) is 1.96. The molecule has 0 radical (unpaired) electrons. The third kappa shape index (κ3) is 3.16. The van der Waals surface area contributed by atoms with Gasteiger partial charge in [-0.25, -0.2) is 4.98 Å². The van der Waals surface area contributed by atoms with Crippen LogP contribution in [0.5, 0.6) is 5.88 Å². The summed E-state index contributed by atoms with van der Waals surface area (Å²) in [5, 5.41) is 0.512. The van der Waals surface area contributed by atoms with Gasteiger partial charge in [-0.1, -0.05) is 11.6 Å². The minimum absolute atomic E-state index is 0.280. The van der Waals surface area contributed by atoms with Crippen molar-refractivity contribution in [3.63, 3.8) is 0 Å². The van der Waals surface area contributed by atoms with Gasteiger partial charge in [-0.15, -0.1) is 0 Å². The van der Waals surface area contributed by atoms with Crippen LogP contribution in [0, 0.1) is 0 Å². The second-order valence-electron chi connectivity index (χ2n) is 3.63. The normalized spacial score (nSPS) is 11.5. The summed E-state index contributed by atoms with van der Waals surface area (Å²) < 4.78 is 6.34. The number of nitrogens with zero attached hydrogens (tertiary/aromatic N) is 1. The van der Waals surface area contributed by atoms with E-state index in [4.69, 9.17) is 16.3 Å². The van der Waals surface area contributed by atoms with Crippen LogP contribution in [0.25, 0.3) is 0 Å². The topological polar surface area (TPSA) is 22.1 Å². The van der Waals surface area contributed by atoms with E-state index in [1.54, 1.807) is 12.3 Å². The van der Waals surface area contributed by atoms with Gasteiger partial charge in [-0.2, -0.15) is 0 Å². The molecule has 0 amide bonds. The van der Waals surface area contributed by atoms with Gasteiger partial charge >= 0.3 is 0 Å². The molecule has 4 heteroatoms. The number of hydrogen-bond acceptors (Lipinski definition) is 2. The highest BCUT2D eigenvalue weighted by Gasteiger charge is 2.16. The van der Waals surface area contributed by atoms with Crippen LogP contribution < -0.4 is 4.74 Å². The Morgan fingerprint density at radius 1 is 1.46 bits per heavy atom. The fourth-order valence-corrected chi connectivity index (χ4v) is 1.20. The summed E-state index contributed by atoms with van der Waals surface area (Å²) in [4.78, 5) is 4.04. The Hall–Kier alpha value is -0.280. The Balaban J connectivity index is 2.96. The summed E-state index contributed by atoms with van der Waals surface area (Å²) >= 11 is 9.27. The summed E-state index contributed by atoms with van der Waals surface area (Å²) in [5.41, 5.74) is -0.280. The van der Waals surface area contributed by atoms with E-state index in [0.717, 1.165) is 4.47 Å². The van der Waals surface area contributed by atoms with Crippen molar-refractivity contribution in [2.24, 2.45) is 0 Å². The largest absolute Gasteiger partial charge is 0.471 e. The molecule has 0 aromatic carbocycles. The molecular formula is C9H11BrClNO. The molecule has 0 bridgehead atoms. The van der Waals surface area contributed by atoms with E-state index in [9.17, 15) is 0 Å². The molecule has 1 aromatic heterocycles. The Bertz CT molecular complexity index is 309. The quantitative estimate of drug-likeness (QED) is 0.772. The molecule has 1 rings (SSSR count). The fourth-order valence-electron chi connectivity index (χ4n) is 0.764. The zero-order chi connectivity index (χ0) is 10.1. The Kier molecular flexibility index (Phi) is 3.19. The maximum Gasteiger partial charge on any atom is 0.234 e. The van der Waals surface area contributed by atoms with Gasteiger partial charge in [0.05, 0.1) is 0 Å². The van der Waals surface area contributed by atoms with Crippen LogP contribution in [0.1, 0.15) is 20.8 Å². The summed E-state index contributed by atoms with van der Waals surface area (Å²) in [7, 11) is 0. The van der Waals surface area contributed by atoms with Crippen molar-refractivity contribution in [1.82, 2.24) is 4.98 Å². The molecule has 0 atom stereocenters. The molecule has 0 saturated heterocycles. The van der Waals surface area contributed by atoms with E-state index in [-0.39, 0.29) is 5.60 Å². The first kappa shape index (κ1) is 10.8. The van der Waals surface area contributed by atoms with Crippen molar-refractivity contribution in [1.29, 1.82) is 0 Å². The molecular weight excluding hydrogens is 253 g/mol. The van der Waals surface area contributed by atoms with Crippen LogP contribution in [-0.4, -0.2) is 10.6 Å². The van der Waals surface area contributed by atoms with E-state index in [1.165, 1.54) is 0 Å². The van der Waals surface area contributed by atoms with Crippen molar-refractivity contribution < 1.29 is 4.74 Å². The van der Waals surface area contributed by atoms with Crippen molar-refractivity contribution >= 4 is 27.5 Å². The first-order chi connectivity index (χ1) is 5.90. The average molecular weight is 265 g/mol. The first-order valence-electron chi connectivity index (χ1n) is 3.89. The predicted octanol–water partition coefficient (Wildman–Crippen LogP) is 3.67. The molecule has 0 aliphatic rings. The number of halogens is 2. The predicted molar refractivity (Wildman–Crippen MR) is 57.3 cm³/mol. The van der Waals surface area contributed by atoms with Crippen molar-refractivity contribution in [2.75, 3.05) is 0 Å². The van der Waals surface area contributed by atoms with E-state index in [1.807, 2.05) is 20.8 Å². The molecule has 1 heterocycles. The van der Waals surface area contributed by atoms with Crippen LogP contribution in [0.2, 0.25) is 5.02 Å². The van der Waals surface area contributed by atoms with Gasteiger partial charge in [0.2, 0.25) is 5.88 Å². The lowest BCUT2D eigenvalue weighted by atomic mass is 10.2. The number of rotatable bonds is 1. The fraction of sp³-hybridized carbons (Fsp3) is 0.444. The molecule has 0 saturated carbocycles. The van der Waals surface area contributed by atoms with Crippen molar-refractivity contribution in [3.8, 4) is 5.88 Å². The SMILES string of the molecule is CC(C)(C)Oc1nccc(Br)c1Cl. The third-order valence-electron chi connectivity index (χ3n) is 1.21. The minimum Gasteiger partial charge on any atom is -0.471 e. The molecule has 1 aromatic rings. The molecule has 13 heavy (non-hydrogen) atoms. The van der Waals surface area contributed by atoms with Crippen molar-refractivity contribution in [2.45, 2.75) is 26.4 Å². The number of hydrogen-bond donors (Lipinski definition) is 0. The molecule has 0 spiro atoms. The summed E-state index contributed by atoms with van der Waals surface area (Å²) in [6.07, 6.45) is 1.65. The van der Waals surface area contributed by atoms with E-state index in [0.29, 0.717) is 10.9 Å². The van der Waals surface area contributed by atoms with Crippen LogP contribution in [0.3, 0.4) is 0 Å². The minimum atomic E-state index is -0.280. The number of pyridine rings is 1. The monoisotopic (exact) mass is 263 g/mol. The lowest BCUT2D eigenvalue weighted by molar-refractivity contribution is 0.124.